The van der Waals surface area contributed by atoms with Crippen molar-refractivity contribution in [3.8, 4) is 0 Å². The lowest BCUT2D eigenvalue weighted by Gasteiger charge is -2.11. The second kappa shape index (κ2) is 6.38. The van der Waals surface area contributed by atoms with Gasteiger partial charge in [-0.15, -0.1) is 0 Å². The smallest absolute Gasteiger partial charge is 0.229 e. The van der Waals surface area contributed by atoms with Crippen LogP contribution in [-0.2, 0) is 6.54 Å². The molecular weight excluding hydrogens is 276 g/mol. The molecule has 0 aliphatic carbocycles. The summed E-state index contributed by atoms with van der Waals surface area (Å²) in [7, 11) is 0. The van der Waals surface area contributed by atoms with E-state index in [1.165, 1.54) is 0 Å². The molecule has 106 valence electrons. The van der Waals surface area contributed by atoms with Crippen molar-refractivity contribution in [3.05, 3.63) is 34.9 Å². The van der Waals surface area contributed by atoms with Crippen molar-refractivity contribution >= 4 is 29.4 Å². The third-order valence-corrected chi connectivity index (χ3v) is 2.83. The predicted octanol–water partition coefficient (Wildman–Crippen LogP) is 2.54. The second-order valence-corrected chi connectivity index (χ2v) is 4.99. The molecule has 0 aliphatic heterocycles. The monoisotopic (exact) mass is 292 g/mol. The van der Waals surface area contributed by atoms with Crippen LogP contribution in [0.2, 0.25) is 5.02 Å². The van der Waals surface area contributed by atoms with Gasteiger partial charge < -0.3 is 16.4 Å². The topological polar surface area (TPSA) is 88.8 Å². The summed E-state index contributed by atoms with van der Waals surface area (Å²) in [6.45, 7) is 4.51. The number of anilines is 3. The highest BCUT2D eigenvalue weighted by Crippen LogP contribution is 2.16. The molecule has 2 aromatic rings. The first kappa shape index (κ1) is 14.3. The van der Waals surface area contributed by atoms with Gasteiger partial charge in [0.15, 0.2) is 0 Å². The average molecular weight is 293 g/mol. The average Bonchev–Trinajstić information content (AvgIpc) is 2.36. The Bertz CT molecular complexity index is 587. The van der Waals surface area contributed by atoms with Crippen molar-refractivity contribution in [1.29, 1.82) is 0 Å². The van der Waals surface area contributed by atoms with Crippen molar-refractivity contribution in [1.82, 2.24) is 15.0 Å². The molecule has 6 nitrogen and oxygen atoms in total. The van der Waals surface area contributed by atoms with Crippen LogP contribution in [0.15, 0.2) is 24.3 Å². The minimum absolute atomic E-state index is 0.171. The van der Waals surface area contributed by atoms with Crippen LogP contribution in [0.25, 0.3) is 0 Å². The van der Waals surface area contributed by atoms with Crippen LogP contribution in [0, 0.1) is 0 Å². The van der Waals surface area contributed by atoms with Crippen LogP contribution in [0.3, 0.4) is 0 Å². The lowest BCUT2D eigenvalue weighted by molar-refractivity contribution is 0.867. The third-order valence-electron chi connectivity index (χ3n) is 2.47. The van der Waals surface area contributed by atoms with E-state index in [0.29, 0.717) is 23.5 Å². The van der Waals surface area contributed by atoms with Crippen LogP contribution < -0.4 is 16.4 Å². The number of nitrogens with one attached hydrogen (secondary N) is 2. The number of hydrogen-bond donors (Lipinski definition) is 3. The minimum atomic E-state index is 0.171. The predicted molar refractivity (Wildman–Crippen MR) is 81.8 cm³/mol. The molecule has 2 rings (SSSR count). The quantitative estimate of drug-likeness (QED) is 0.785. The van der Waals surface area contributed by atoms with Gasteiger partial charge in [0.25, 0.3) is 0 Å². The van der Waals surface area contributed by atoms with Crippen LogP contribution in [0.4, 0.5) is 17.8 Å². The van der Waals surface area contributed by atoms with Gasteiger partial charge in [0.05, 0.1) is 0 Å². The first-order valence-corrected chi connectivity index (χ1v) is 6.68. The zero-order valence-electron chi connectivity index (χ0n) is 11.4. The Morgan fingerprint density at radius 1 is 1.15 bits per heavy atom. The highest BCUT2D eigenvalue weighted by molar-refractivity contribution is 6.31. The summed E-state index contributed by atoms with van der Waals surface area (Å²) in [4.78, 5) is 12.3. The van der Waals surface area contributed by atoms with Crippen molar-refractivity contribution in [2.45, 2.75) is 26.4 Å². The van der Waals surface area contributed by atoms with Crippen molar-refractivity contribution in [2.24, 2.45) is 0 Å². The summed E-state index contributed by atoms with van der Waals surface area (Å²) in [5.41, 5.74) is 6.63. The van der Waals surface area contributed by atoms with E-state index < -0.39 is 0 Å². The van der Waals surface area contributed by atoms with Crippen LogP contribution >= 0.6 is 11.6 Å². The van der Waals surface area contributed by atoms with Crippen molar-refractivity contribution in [3.63, 3.8) is 0 Å². The van der Waals surface area contributed by atoms with Gasteiger partial charge in [0.2, 0.25) is 17.8 Å². The summed E-state index contributed by atoms with van der Waals surface area (Å²) in [6.07, 6.45) is 0. The molecule has 7 heteroatoms. The Balaban J connectivity index is 2.09. The number of benzene rings is 1. The van der Waals surface area contributed by atoms with E-state index in [-0.39, 0.29) is 12.0 Å². The standard InChI is InChI=1S/C13H17ClN6/c1-8(2)17-13-19-11(15)18-12(20-13)16-7-9-5-3-4-6-10(9)14/h3-6,8H,7H2,1-2H3,(H4,15,16,17,18,19,20). The fourth-order valence-corrected chi connectivity index (χ4v) is 1.81. The maximum Gasteiger partial charge on any atom is 0.229 e. The van der Waals surface area contributed by atoms with E-state index in [2.05, 4.69) is 25.6 Å². The molecule has 0 spiro atoms. The Labute approximate surface area is 122 Å². The number of nitrogens with zero attached hydrogens (tertiary/aromatic N) is 3. The van der Waals surface area contributed by atoms with E-state index in [1.807, 2.05) is 38.1 Å². The van der Waals surface area contributed by atoms with E-state index in [1.54, 1.807) is 0 Å². The normalized spacial score (nSPS) is 10.6. The number of nitrogen functional groups attached to an aromatic ring is 1. The zero-order valence-corrected chi connectivity index (χ0v) is 12.1. The van der Waals surface area contributed by atoms with Gasteiger partial charge in [0, 0.05) is 17.6 Å². The Morgan fingerprint density at radius 2 is 1.85 bits per heavy atom. The van der Waals surface area contributed by atoms with Gasteiger partial charge in [-0.3, -0.25) is 0 Å². The van der Waals surface area contributed by atoms with Gasteiger partial charge in [-0.1, -0.05) is 29.8 Å². The molecule has 0 aliphatic rings. The van der Waals surface area contributed by atoms with Gasteiger partial charge in [-0.2, -0.15) is 15.0 Å². The first-order chi connectivity index (χ1) is 9.54. The largest absolute Gasteiger partial charge is 0.368 e. The molecule has 1 heterocycles. The maximum atomic E-state index is 6.09. The summed E-state index contributed by atoms with van der Waals surface area (Å²) < 4.78 is 0. The molecule has 4 N–H and O–H groups in total. The summed E-state index contributed by atoms with van der Waals surface area (Å²) in [5.74, 6) is 1.04. The molecule has 0 saturated heterocycles. The first-order valence-electron chi connectivity index (χ1n) is 6.30. The minimum Gasteiger partial charge on any atom is -0.368 e. The Kier molecular flexibility index (Phi) is 4.57. The molecule has 20 heavy (non-hydrogen) atoms. The van der Waals surface area contributed by atoms with E-state index >= 15 is 0 Å². The molecule has 1 aromatic heterocycles. The van der Waals surface area contributed by atoms with Crippen LogP contribution in [-0.4, -0.2) is 21.0 Å². The summed E-state index contributed by atoms with van der Waals surface area (Å²) >= 11 is 6.09. The van der Waals surface area contributed by atoms with Gasteiger partial charge in [-0.05, 0) is 25.5 Å². The van der Waals surface area contributed by atoms with Gasteiger partial charge in [-0.25, -0.2) is 0 Å². The lowest BCUT2D eigenvalue weighted by atomic mass is 10.2. The van der Waals surface area contributed by atoms with E-state index in [0.717, 1.165) is 5.56 Å². The van der Waals surface area contributed by atoms with Crippen molar-refractivity contribution in [2.75, 3.05) is 16.4 Å². The third kappa shape index (κ3) is 3.96. The van der Waals surface area contributed by atoms with Crippen LogP contribution in [0.5, 0.6) is 0 Å². The second-order valence-electron chi connectivity index (χ2n) is 4.58. The molecular formula is C13H17ClN6. The summed E-state index contributed by atoms with van der Waals surface area (Å²) in [5, 5.41) is 6.87. The lowest BCUT2D eigenvalue weighted by Crippen LogP contribution is -2.15. The number of rotatable bonds is 5. The molecule has 0 atom stereocenters. The van der Waals surface area contributed by atoms with E-state index in [9.17, 15) is 0 Å². The number of hydrogen-bond acceptors (Lipinski definition) is 6. The number of aromatic nitrogens is 3. The summed E-state index contributed by atoms with van der Waals surface area (Å²) in [6, 6.07) is 7.81. The van der Waals surface area contributed by atoms with Crippen molar-refractivity contribution < 1.29 is 0 Å². The molecule has 0 radical (unpaired) electrons. The highest BCUT2D eigenvalue weighted by Gasteiger charge is 2.06. The molecule has 0 unspecified atom stereocenters. The SMILES string of the molecule is CC(C)Nc1nc(N)nc(NCc2ccccc2Cl)n1. The van der Waals surface area contributed by atoms with Gasteiger partial charge >= 0.3 is 0 Å². The fourth-order valence-electron chi connectivity index (χ4n) is 1.61. The van der Waals surface area contributed by atoms with Crippen LogP contribution in [0.1, 0.15) is 19.4 Å². The zero-order chi connectivity index (χ0) is 14.5. The molecule has 0 bridgehead atoms. The van der Waals surface area contributed by atoms with Gasteiger partial charge in [0.1, 0.15) is 0 Å². The molecule has 0 amide bonds. The Hall–Kier alpha value is -2.08. The van der Waals surface area contributed by atoms with E-state index in [4.69, 9.17) is 17.3 Å². The maximum absolute atomic E-state index is 6.09. The molecule has 1 aromatic carbocycles. The highest BCUT2D eigenvalue weighted by atomic mass is 35.5. The number of halogens is 1. The molecule has 0 saturated carbocycles. The Morgan fingerprint density at radius 3 is 2.55 bits per heavy atom. The number of nitrogens with two attached hydrogens (primary N) is 1. The molecule has 0 fully saturated rings. The fraction of sp³-hybridized carbons (Fsp3) is 0.308.